The first-order chi connectivity index (χ1) is 5.66. The molecule has 0 radical (unpaired) electrons. The van der Waals surface area contributed by atoms with Crippen LogP contribution in [0.4, 0.5) is 0 Å². The van der Waals surface area contributed by atoms with E-state index < -0.39 is 0 Å². The lowest BCUT2D eigenvalue weighted by molar-refractivity contribution is 0.342. The van der Waals surface area contributed by atoms with E-state index in [1.807, 2.05) is 7.05 Å². The van der Waals surface area contributed by atoms with Gasteiger partial charge in [0.15, 0.2) is 0 Å². The largest absolute Gasteiger partial charge is 0.405 e. The Labute approximate surface area is 71.8 Å². The van der Waals surface area contributed by atoms with Crippen LogP contribution in [0.2, 0.25) is 0 Å². The van der Waals surface area contributed by atoms with E-state index in [2.05, 4.69) is 5.43 Å². The molecule has 5 nitrogen and oxygen atoms in total. The second-order valence-corrected chi connectivity index (χ2v) is 2.72. The van der Waals surface area contributed by atoms with Gasteiger partial charge in [0.1, 0.15) is 5.82 Å². The van der Waals surface area contributed by atoms with Crippen molar-refractivity contribution in [3.8, 4) is 0 Å². The predicted molar refractivity (Wildman–Crippen MR) is 48.3 cm³/mol. The number of hydrogen-bond acceptors (Lipinski definition) is 5. The molecule has 0 aromatic carbocycles. The fourth-order valence-corrected chi connectivity index (χ4v) is 1.12. The minimum Gasteiger partial charge on any atom is -0.405 e. The van der Waals surface area contributed by atoms with Gasteiger partial charge in [0.2, 0.25) is 0 Å². The average Bonchev–Trinajstić information content (AvgIpc) is 2.34. The minimum atomic E-state index is -0.188. The second-order valence-electron chi connectivity index (χ2n) is 2.72. The van der Waals surface area contributed by atoms with Crippen molar-refractivity contribution in [1.82, 2.24) is 10.4 Å². The van der Waals surface area contributed by atoms with Gasteiger partial charge in [0.05, 0.1) is 6.04 Å². The standard InChI is InChI=1S/C7H15N5/c1-12-7(10)5(4-11-12)6(9)2-3-8/h2-3,6,11H,4,8-10H2,1H3/b3-2-. The summed E-state index contributed by atoms with van der Waals surface area (Å²) in [5.74, 6) is 0.681. The molecular weight excluding hydrogens is 154 g/mol. The summed E-state index contributed by atoms with van der Waals surface area (Å²) in [5.41, 5.74) is 20.7. The van der Waals surface area contributed by atoms with Crippen LogP contribution in [0.15, 0.2) is 23.7 Å². The van der Waals surface area contributed by atoms with Crippen molar-refractivity contribution >= 4 is 0 Å². The zero-order chi connectivity index (χ0) is 9.14. The maximum absolute atomic E-state index is 5.77. The molecular formula is C7H15N5. The Balaban J connectivity index is 2.74. The van der Waals surface area contributed by atoms with Crippen molar-refractivity contribution in [2.75, 3.05) is 13.6 Å². The fourth-order valence-electron chi connectivity index (χ4n) is 1.12. The highest BCUT2D eigenvalue weighted by Gasteiger charge is 2.19. The third-order valence-corrected chi connectivity index (χ3v) is 1.92. The van der Waals surface area contributed by atoms with E-state index >= 15 is 0 Å². The summed E-state index contributed by atoms with van der Waals surface area (Å²) in [4.78, 5) is 0. The molecule has 1 aliphatic heterocycles. The Morgan fingerprint density at radius 2 is 2.33 bits per heavy atom. The van der Waals surface area contributed by atoms with Crippen LogP contribution in [-0.2, 0) is 0 Å². The third-order valence-electron chi connectivity index (χ3n) is 1.92. The lowest BCUT2D eigenvalue weighted by atomic mass is 10.1. The van der Waals surface area contributed by atoms with Gasteiger partial charge in [-0.05, 0) is 12.3 Å². The number of hydrazine groups is 1. The first-order valence-corrected chi connectivity index (χ1v) is 3.76. The van der Waals surface area contributed by atoms with E-state index in [0.29, 0.717) is 12.4 Å². The third kappa shape index (κ3) is 1.51. The van der Waals surface area contributed by atoms with Crippen molar-refractivity contribution in [3.05, 3.63) is 23.7 Å². The Morgan fingerprint density at radius 3 is 2.75 bits per heavy atom. The zero-order valence-corrected chi connectivity index (χ0v) is 7.12. The van der Waals surface area contributed by atoms with Crippen LogP contribution in [0.25, 0.3) is 0 Å². The number of rotatable bonds is 2. The Morgan fingerprint density at radius 1 is 1.67 bits per heavy atom. The van der Waals surface area contributed by atoms with Gasteiger partial charge in [-0.2, -0.15) is 0 Å². The predicted octanol–water partition coefficient (Wildman–Crippen LogP) is -1.59. The topological polar surface area (TPSA) is 93.3 Å². The molecule has 0 amide bonds. The van der Waals surface area contributed by atoms with E-state index in [1.54, 1.807) is 11.1 Å². The van der Waals surface area contributed by atoms with Crippen molar-refractivity contribution < 1.29 is 0 Å². The smallest absolute Gasteiger partial charge is 0.115 e. The fraction of sp³-hybridized carbons (Fsp3) is 0.429. The van der Waals surface area contributed by atoms with Crippen LogP contribution >= 0.6 is 0 Å². The molecule has 1 heterocycles. The van der Waals surface area contributed by atoms with Crippen LogP contribution in [0.5, 0.6) is 0 Å². The summed E-state index contributed by atoms with van der Waals surface area (Å²) in [6, 6.07) is -0.188. The summed E-state index contributed by atoms with van der Waals surface area (Å²) in [6.45, 7) is 0.688. The van der Waals surface area contributed by atoms with Crippen molar-refractivity contribution in [3.63, 3.8) is 0 Å². The van der Waals surface area contributed by atoms with E-state index in [1.165, 1.54) is 6.20 Å². The van der Waals surface area contributed by atoms with Gasteiger partial charge in [-0.25, -0.2) is 5.43 Å². The summed E-state index contributed by atoms with van der Waals surface area (Å²) in [6.07, 6.45) is 3.15. The number of nitrogens with zero attached hydrogens (tertiary/aromatic N) is 1. The molecule has 5 heteroatoms. The van der Waals surface area contributed by atoms with Gasteiger partial charge in [0.25, 0.3) is 0 Å². The highest BCUT2D eigenvalue weighted by Crippen LogP contribution is 2.11. The number of nitrogens with one attached hydrogen (secondary N) is 1. The highest BCUT2D eigenvalue weighted by atomic mass is 15.5. The Bertz CT molecular complexity index is 220. The molecule has 12 heavy (non-hydrogen) atoms. The van der Waals surface area contributed by atoms with Gasteiger partial charge < -0.3 is 17.2 Å². The van der Waals surface area contributed by atoms with E-state index in [9.17, 15) is 0 Å². The highest BCUT2D eigenvalue weighted by molar-refractivity contribution is 5.25. The molecule has 0 aromatic heterocycles. The first-order valence-electron chi connectivity index (χ1n) is 3.76. The lowest BCUT2D eigenvalue weighted by Gasteiger charge is -2.11. The molecule has 68 valence electrons. The summed E-state index contributed by atoms with van der Waals surface area (Å²) < 4.78 is 0. The summed E-state index contributed by atoms with van der Waals surface area (Å²) >= 11 is 0. The molecule has 0 aromatic rings. The maximum Gasteiger partial charge on any atom is 0.115 e. The molecule has 1 rings (SSSR count). The number of nitrogens with two attached hydrogens (primary N) is 3. The van der Waals surface area contributed by atoms with Crippen molar-refractivity contribution in [2.24, 2.45) is 17.2 Å². The normalized spacial score (nSPS) is 21.0. The molecule has 7 N–H and O–H groups in total. The van der Waals surface area contributed by atoms with Gasteiger partial charge in [-0.1, -0.05) is 0 Å². The number of hydrogen-bond donors (Lipinski definition) is 4. The van der Waals surface area contributed by atoms with Crippen molar-refractivity contribution in [1.29, 1.82) is 0 Å². The monoisotopic (exact) mass is 169 g/mol. The molecule has 0 bridgehead atoms. The first kappa shape index (κ1) is 8.89. The van der Waals surface area contributed by atoms with E-state index in [-0.39, 0.29) is 6.04 Å². The Kier molecular flexibility index (Phi) is 2.57. The van der Waals surface area contributed by atoms with Gasteiger partial charge >= 0.3 is 0 Å². The quantitative estimate of drug-likeness (QED) is 0.400. The summed E-state index contributed by atoms with van der Waals surface area (Å²) in [5, 5.41) is 1.75. The second kappa shape index (κ2) is 3.46. The molecule has 0 spiro atoms. The zero-order valence-electron chi connectivity index (χ0n) is 7.12. The van der Waals surface area contributed by atoms with Crippen LogP contribution in [0.3, 0.4) is 0 Å². The molecule has 1 aliphatic rings. The molecule has 0 saturated carbocycles. The molecule has 1 unspecified atom stereocenters. The average molecular weight is 169 g/mol. The summed E-state index contributed by atoms with van der Waals surface area (Å²) in [7, 11) is 1.85. The van der Waals surface area contributed by atoms with Gasteiger partial charge in [-0.3, -0.25) is 5.01 Å². The lowest BCUT2D eigenvalue weighted by Crippen LogP contribution is -2.30. The van der Waals surface area contributed by atoms with E-state index in [4.69, 9.17) is 17.2 Å². The Hall–Kier alpha value is -1.20. The van der Waals surface area contributed by atoms with Crippen molar-refractivity contribution in [2.45, 2.75) is 6.04 Å². The van der Waals surface area contributed by atoms with Crippen LogP contribution in [0.1, 0.15) is 0 Å². The van der Waals surface area contributed by atoms with Crippen LogP contribution in [0, 0.1) is 0 Å². The molecule has 0 fully saturated rings. The molecule has 1 atom stereocenters. The minimum absolute atomic E-state index is 0.188. The van der Waals surface area contributed by atoms with Crippen LogP contribution < -0.4 is 22.6 Å². The maximum atomic E-state index is 5.77. The van der Waals surface area contributed by atoms with E-state index in [0.717, 1.165) is 5.57 Å². The molecule has 0 saturated heterocycles. The SMILES string of the molecule is CN1NCC(C(N)/C=C\N)=C1N. The molecule has 0 aliphatic carbocycles. The van der Waals surface area contributed by atoms with Crippen LogP contribution in [-0.4, -0.2) is 24.6 Å². The van der Waals surface area contributed by atoms with Gasteiger partial charge in [0, 0.05) is 19.2 Å². The van der Waals surface area contributed by atoms with Gasteiger partial charge in [-0.15, -0.1) is 0 Å².